The molecule has 0 bridgehead atoms. The van der Waals surface area contributed by atoms with Gasteiger partial charge in [0, 0.05) is 36.6 Å². The van der Waals surface area contributed by atoms with Gasteiger partial charge < -0.3 is 9.80 Å². The number of carbonyl (C=O) groups is 1. The van der Waals surface area contributed by atoms with Gasteiger partial charge >= 0.3 is 0 Å². The molecule has 1 aromatic heterocycles. The zero-order chi connectivity index (χ0) is 18.0. The molecule has 0 N–H and O–H groups in total. The molecule has 2 aromatic rings. The molecule has 1 atom stereocenters. The summed E-state index contributed by atoms with van der Waals surface area (Å²) >= 11 is 1.59. The van der Waals surface area contributed by atoms with Gasteiger partial charge in [-0.3, -0.25) is 14.9 Å². The molecule has 25 heavy (non-hydrogen) atoms. The second-order valence-corrected chi connectivity index (χ2v) is 7.24. The van der Waals surface area contributed by atoms with Crippen LogP contribution in [0.5, 0.6) is 0 Å². The molecule has 1 aromatic carbocycles. The third-order valence-corrected chi connectivity index (χ3v) is 5.76. The quantitative estimate of drug-likeness (QED) is 0.596. The Morgan fingerprint density at radius 3 is 2.64 bits per heavy atom. The summed E-state index contributed by atoms with van der Waals surface area (Å²) in [6.45, 7) is 3.60. The molecule has 1 fully saturated rings. The summed E-state index contributed by atoms with van der Waals surface area (Å²) in [6, 6.07) is 8.67. The van der Waals surface area contributed by atoms with Gasteiger partial charge in [0.05, 0.1) is 11.0 Å². The van der Waals surface area contributed by atoms with Crippen LogP contribution in [0.2, 0.25) is 0 Å². The number of anilines is 1. The Labute approximate surface area is 150 Å². The third-order valence-electron chi connectivity index (χ3n) is 4.72. The van der Waals surface area contributed by atoms with Crippen molar-refractivity contribution in [3.8, 4) is 0 Å². The van der Waals surface area contributed by atoms with E-state index in [9.17, 15) is 14.9 Å². The van der Waals surface area contributed by atoms with E-state index in [4.69, 9.17) is 0 Å². The SMILES string of the molecule is C[C@H](c1cccs1)N(C)C(=O)c1ccc(N2CCCC2)c([N+](=O)[O-])c1. The molecule has 7 heteroatoms. The van der Waals surface area contributed by atoms with Crippen LogP contribution in [0.3, 0.4) is 0 Å². The predicted octanol–water partition coefficient (Wildman–Crippen LogP) is 4.09. The molecule has 1 aliphatic rings. The smallest absolute Gasteiger partial charge is 0.293 e. The van der Waals surface area contributed by atoms with Crippen molar-refractivity contribution in [3.63, 3.8) is 0 Å². The van der Waals surface area contributed by atoms with Crippen LogP contribution >= 0.6 is 11.3 Å². The summed E-state index contributed by atoms with van der Waals surface area (Å²) in [5, 5.41) is 13.5. The van der Waals surface area contributed by atoms with Crippen molar-refractivity contribution in [1.82, 2.24) is 4.90 Å². The molecule has 1 amide bonds. The van der Waals surface area contributed by atoms with Crippen LogP contribution in [0.25, 0.3) is 0 Å². The Hall–Kier alpha value is -2.41. The Morgan fingerprint density at radius 2 is 2.04 bits per heavy atom. The molecule has 0 saturated carbocycles. The number of carbonyl (C=O) groups excluding carboxylic acids is 1. The van der Waals surface area contributed by atoms with Gasteiger partial charge in [0.15, 0.2) is 0 Å². The van der Waals surface area contributed by atoms with E-state index in [-0.39, 0.29) is 17.6 Å². The molecule has 2 heterocycles. The van der Waals surface area contributed by atoms with Gasteiger partial charge in [0.2, 0.25) is 0 Å². The van der Waals surface area contributed by atoms with Gasteiger partial charge in [-0.15, -0.1) is 11.3 Å². The van der Waals surface area contributed by atoms with E-state index in [1.165, 1.54) is 6.07 Å². The highest BCUT2D eigenvalue weighted by molar-refractivity contribution is 7.10. The third kappa shape index (κ3) is 3.51. The van der Waals surface area contributed by atoms with Gasteiger partial charge in [-0.2, -0.15) is 0 Å². The number of hydrogen-bond donors (Lipinski definition) is 0. The first kappa shape index (κ1) is 17.4. The molecule has 0 aliphatic carbocycles. The zero-order valence-corrected chi connectivity index (χ0v) is 15.2. The summed E-state index contributed by atoms with van der Waals surface area (Å²) in [6.07, 6.45) is 2.08. The molecule has 3 rings (SSSR count). The molecule has 0 spiro atoms. The van der Waals surface area contributed by atoms with Gasteiger partial charge in [-0.1, -0.05) is 6.07 Å². The maximum Gasteiger partial charge on any atom is 0.293 e. The lowest BCUT2D eigenvalue weighted by atomic mass is 10.1. The second-order valence-electron chi connectivity index (χ2n) is 6.26. The van der Waals surface area contributed by atoms with Crippen LogP contribution in [0.15, 0.2) is 35.7 Å². The van der Waals surface area contributed by atoms with Crippen molar-refractivity contribution < 1.29 is 9.72 Å². The fraction of sp³-hybridized carbons (Fsp3) is 0.389. The van der Waals surface area contributed by atoms with Crippen LogP contribution in [-0.4, -0.2) is 35.9 Å². The Morgan fingerprint density at radius 1 is 1.32 bits per heavy atom. The van der Waals surface area contributed by atoms with Crippen molar-refractivity contribution in [2.75, 3.05) is 25.0 Å². The number of thiophene rings is 1. The highest BCUT2D eigenvalue weighted by Crippen LogP contribution is 2.33. The molecule has 1 saturated heterocycles. The molecule has 0 unspecified atom stereocenters. The van der Waals surface area contributed by atoms with Crippen LogP contribution in [0.1, 0.15) is 41.0 Å². The topological polar surface area (TPSA) is 66.7 Å². The Kier molecular flexibility index (Phi) is 5.03. The normalized spacial score (nSPS) is 15.2. The Balaban J connectivity index is 1.87. The van der Waals surface area contributed by atoms with Gasteiger partial charge in [0.25, 0.3) is 11.6 Å². The summed E-state index contributed by atoms with van der Waals surface area (Å²) in [4.78, 5) is 28.6. The maximum absolute atomic E-state index is 12.8. The molecular weight excluding hydrogens is 338 g/mol. The van der Waals surface area contributed by atoms with E-state index in [0.717, 1.165) is 30.8 Å². The monoisotopic (exact) mass is 359 g/mol. The van der Waals surface area contributed by atoms with Crippen molar-refractivity contribution in [2.45, 2.75) is 25.8 Å². The maximum atomic E-state index is 12.8. The largest absolute Gasteiger partial charge is 0.366 e. The van der Waals surface area contributed by atoms with Crippen molar-refractivity contribution >= 4 is 28.6 Å². The fourth-order valence-electron chi connectivity index (χ4n) is 3.13. The van der Waals surface area contributed by atoms with Crippen LogP contribution in [0, 0.1) is 10.1 Å². The summed E-state index contributed by atoms with van der Waals surface area (Å²) in [5.41, 5.74) is 0.957. The number of nitrogens with zero attached hydrogens (tertiary/aromatic N) is 3. The highest BCUT2D eigenvalue weighted by Gasteiger charge is 2.26. The minimum absolute atomic E-state index is 0.00456. The van der Waals surface area contributed by atoms with Gasteiger partial charge in [-0.05, 0) is 43.3 Å². The second kappa shape index (κ2) is 7.23. The average Bonchev–Trinajstić information content (AvgIpc) is 3.32. The van der Waals surface area contributed by atoms with E-state index in [1.807, 2.05) is 29.3 Å². The molecule has 6 nitrogen and oxygen atoms in total. The first-order valence-electron chi connectivity index (χ1n) is 8.33. The van der Waals surface area contributed by atoms with Crippen LogP contribution in [-0.2, 0) is 0 Å². The lowest BCUT2D eigenvalue weighted by Crippen LogP contribution is -2.29. The number of nitro benzene ring substituents is 1. The zero-order valence-electron chi connectivity index (χ0n) is 14.3. The number of hydrogen-bond acceptors (Lipinski definition) is 5. The van der Waals surface area contributed by atoms with Crippen molar-refractivity contribution in [2.24, 2.45) is 0 Å². The average molecular weight is 359 g/mol. The molecular formula is C18H21N3O3S. The summed E-state index contributed by atoms with van der Waals surface area (Å²) in [7, 11) is 1.73. The summed E-state index contributed by atoms with van der Waals surface area (Å²) in [5.74, 6) is -0.211. The van der Waals surface area contributed by atoms with Crippen molar-refractivity contribution in [3.05, 3.63) is 56.3 Å². The number of rotatable bonds is 5. The molecule has 0 radical (unpaired) electrons. The number of amides is 1. The first-order valence-corrected chi connectivity index (χ1v) is 9.21. The lowest BCUT2D eigenvalue weighted by molar-refractivity contribution is -0.384. The standard InChI is InChI=1S/C18H21N3O3S/c1-13(17-6-5-11-25-17)19(2)18(22)14-7-8-15(16(12-14)21(23)24)20-9-3-4-10-20/h5-8,11-13H,3-4,9-10H2,1-2H3/t13-/m1/s1. The van der Waals surface area contributed by atoms with E-state index in [1.54, 1.807) is 35.4 Å². The van der Waals surface area contributed by atoms with Crippen molar-refractivity contribution in [1.29, 1.82) is 0 Å². The predicted molar refractivity (Wildman–Crippen MR) is 99.4 cm³/mol. The van der Waals surface area contributed by atoms with Gasteiger partial charge in [0.1, 0.15) is 5.69 Å². The molecule has 132 valence electrons. The van der Waals surface area contributed by atoms with E-state index in [2.05, 4.69) is 0 Å². The molecule has 1 aliphatic heterocycles. The lowest BCUT2D eigenvalue weighted by Gasteiger charge is -2.24. The fourth-order valence-corrected chi connectivity index (χ4v) is 3.95. The van der Waals surface area contributed by atoms with E-state index in [0.29, 0.717) is 11.3 Å². The van der Waals surface area contributed by atoms with Gasteiger partial charge in [-0.25, -0.2) is 0 Å². The summed E-state index contributed by atoms with van der Waals surface area (Å²) < 4.78 is 0. The van der Waals surface area contributed by atoms with Crippen LogP contribution < -0.4 is 4.90 Å². The van der Waals surface area contributed by atoms with Crippen LogP contribution in [0.4, 0.5) is 11.4 Å². The number of nitro groups is 1. The minimum atomic E-state index is -0.396. The van der Waals surface area contributed by atoms with E-state index >= 15 is 0 Å². The number of benzene rings is 1. The minimum Gasteiger partial charge on any atom is -0.366 e. The Bertz CT molecular complexity index is 770. The first-order chi connectivity index (χ1) is 12.0. The highest BCUT2D eigenvalue weighted by atomic mass is 32.1. The van der Waals surface area contributed by atoms with E-state index < -0.39 is 4.92 Å².